The van der Waals surface area contributed by atoms with Gasteiger partial charge in [0.1, 0.15) is 0 Å². The molecule has 4 rings (SSSR count). The highest BCUT2D eigenvalue weighted by Gasteiger charge is 2.64. The molecule has 2 nitrogen and oxygen atoms in total. The van der Waals surface area contributed by atoms with E-state index in [0.717, 1.165) is 23.7 Å². The van der Waals surface area contributed by atoms with E-state index in [2.05, 4.69) is 15.9 Å². The molecular formula is C11H11BrO2S. The second-order valence-electron chi connectivity index (χ2n) is 4.62. The Balaban J connectivity index is 2.02. The van der Waals surface area contributed by atoms with Gasteiger partial charge in [-0.2, -0.15) is 0 Å². The van der Waals surface area contributed by atoms with Crippen LogP contribution in [-0.2, 0) is 9.84 Å². The fraction of sp³-hybridized carbons (Fsp3) is 0.455. The monoisotopic (exact) mass is 286 g/mol. The van der Waals surface area contributed by atoms with Gasteiger partial charge in [-0.05, 0) is 49.4 Å². The lowest BCUT2D eigenvalue weighted by molar-refractivity contribution is 0.0483. The van der Waals surface area contributed by atoms with Crippen LogP contribution in [0.5, 0.6) is 0 Å². The van der Waals surface area contributed by atoms with E-state index in [9.17, 15) is 8.42 Å². The first-order chi connectivity index (χ1) is 7.03. The summed E-state index contributed by atoms with van der Waals surface area (Å²) < 4.78 is 25.1. The van der Waals surface area contributed by atoms with Crippen LogP contribution in [0.25, 0.3) is 0 Å². The SMILES string of the molecule is O=S(=O)(c1ccc(Br)cc1)C12CC(C1)C2. The largest absolute Gasteiger partial charge is 0.223 e. The first-order valence-corrected chi connectivity index (χ1v) is 7.31. The second-order valence-corrected chi connectivity index (χ2v) is 7.88. The summed E-state index contributed by atoms with van der Waals surface area (Å²) in [6, 6.07) is 6.97. The van der Waals surface area contributed by atoms with Crippen molar-refractivity contribution in [3.05, 3.63) is 28.7 Å². The molecule has 3 fully saturated rings. The van der Waals surface area contributed by atoms with E-state index in [4.69, 9.17) is 0 Å². The minimum absolute atomic E-state index is 0.383. The van der Waals surface area contributed by atoms with Crippen molar-refractivity contribution >= 4 is 25.8 Å². The number of benzene rings is 1. The van der Waals surface area contributed by atoms with Gasteiger partial charge in [-0.1, -0.05) is 15.9 Å². The Morgan fingerprint density at radius 1 is 1.13 bits per heavy atom. The Kier molecular flexibility index (Phi) is 1.88. The average molecular weight is 287 g/mol. The fourth-order valence-corrected chi connectivity index (χ4v) is 5.22. The van der Waals surface area contributed by atoms with Gasteiger partial charge in [-0.15, -0.1) is 0 Å². The molecule has 0 radical (unpaired) electrons. The van der Waals surface area contributed by atoms with E-state index in [1.54, 1.807) is 24.3 Å². The second kappa shape index (κ2) is 2.86. The van der Waals surface area contributed by atoms with E-state index in [-0.39, 0.29) is 4.75 Å². The zero-order chi connectivity index (χ0) is 10.7. The summed E-state index contributed by atoms with van der Waals surface area (Å²) >= 11 is 3.31. The predicted octanol–water partition coefficient (Wildman–Crippen LogP) is 2.78. The summed E-state index contributed by atoms with van der Waals surface area (Å²) in [6.45, 7) is 0. The van der Waals surface area contributed by atoms with E-state index < -0.39 is 9.84 Å². The molecule has 0 amide bonds. The van der Waals surface area contributed by atoms with Crippen molar-refractivity contribution in [1.29, 1.82) is 0 Å². The normalized spacial score (nSPS) is 33.0. The highest BCUT2D eigenvalue weighted by molar-refractivity contribution is 9.10. The Morgan fingerprint density at radius 3 is 2.07 bits per heavy atom. The van der Waals surface area contributed by atoms with E-state index in [0.29, 0.717) is 10.8 Å². The fourth-order valence-electron chi connectivity index (χ4n) is 2.59. The number of halogens is 1. The molecule has 1 aromatic carbocycles. The Bertz CT molecular complexity index is 487. The van der Waals surface area contributed by atoms with Gasteiger partial charge in [0.25, 0.3) is 0 Å². The summed E-state index contributed by atoms with van der Waals surface area (Å²) in [4.78, 5) is 0.476. The van der Waals surface area contributed by atoms with Gasteiger partial charge in [0, 0.05) is 4.47 Å². The number of rotatable bonds is 2. The van der Waals surface area contributed by atoms with Crippen molar-refractivity contribution in [1.82, 2.24) is 0 Å². The van der Waals surface area contributed by atoms with E-state index in [1.807, 2.05) is 0 Å². The molecule has 0 atom stereocenters. The smallest absolute Gasteiger partial charge is 0.184 e. The molecule has 0 aliphatic heterocycles. The zero-order valence-corrected chi connectivity index (χ0v) is 10.5. The minimum atomic E-state index is -3.07. The maximum absolute atomic E-state index is 12.3. The molecule has 0 unspecified atom stereocenters. The molecule has 15 heavy (non-hydrogen) atoms. The van der Waals surface area contributed by atoms with Gasteiger partial charge >= 0.3 is 0 Å². The van der Waals surface area contributed by atoms with Gasteiger partial charge < -0.3 is 0 Å². The molecule has 2 bridgehead atoms. The summed E-state index contributed by atoms with van der Waals surface area (Å²) in [7, 11) is -3.07. The molecule has 80 valence electrons. The van der Waals surface area contributed by atoms with Crippen LogP contribution in [0.15, 0.2) is 33.6 Å². The molecule has 0 spiro atoms. The molecule has 3 aliphatic carbocycles. The molecule has 1 aromatic rings. The molecule has 0 saturated heterocycles. The van der Waals surface area contributed by atoms with Crippen molar-refractivity contribution < 1.29 is 8.42 Å². The molecular weight excluding hydrogens is 276 g/mol. The van der Waals surface area contributed by atoms with Crippen molar-refractivity contribution in [3.63, 3.8) is 0 Å². The van der Waals surface area contributed by atoms with Gasteiger partial charge in [-0.25, -0.2) is 8.42 Å². The van der Waals surface area contributed by atoms with Crippen LogP contribution in [-0.4, -0.2) is 13.2 Å². The zero-order valence-electron chi connectivity index (χ0n) is 8.11. The van der Waals surface area contributed by atoms with Gasteiger partial charge in [-0.3, -0.25) is 0 Å². The van der Waals surface area contributed by atoms with Crippen molar-refractivity contribution in [2.24, 2.45) is 5.92 Å². The topological polar surface area (TPSA) is 34.1 Å². The van der Waals surface area contributed by atoms with Crippen LogP contribution in [0.4, 0.5) is 0 Å². The van der Waals surface area contributed by atoms with Crippen molar-refractivity contribution in [2.75, 3.05) is 0 Å². The molecule has 0 N–H and O–H groups in total. The highest BCUT2D eigenvalue weighted by Crippen LogP contribution is 2.63. The van der Waals surface area contributed by atoms with E-state index >= 15 is 0 Å². The summed E-state index contributed by atoms with van der Waals surface area (Å²) in [5.41, 5.74) is 0. The van der Waals surface area contributed by atoms with Crippen LogP contribution in [0, 0.1) is 5.92 Å². The quantitative estimate of drug-likeness (QED) is 0.838. The molecule has 4 heteroatoms. The number of hydrogen-bond acceptors (Lipinski definition) is 2. The molecule has 3 saturated carbocycles. The lowest BCUT2D eigenvalue weighted by Crippen LogP contribution is -2.62. The lowest BCUT2D eigenvalue weighted by atomic mass is 9.55. The van der Waals surface area contributed by atoms with Crippen LogP contribution < -0.4 is 0 Å². The first kappa shape index (κ1) is 9.85. The summed E-state index contributed by atoms with van der Waals surface area (Å²) in [5.74, 6) is 0.690. The van der Waals surface area contributed by atoms with Gasteiger partial charge in [0.05, 0.1) is 9.64 Å². The predicted molar refractivity (Wildman–Crippen MR) is 61.4 cm³/mol. The van der Waals surface area contributed by atoms with Crippen LogP contribution >= 0.6 is 15.9 Å². The standard InChI is InChI=1S/C11H11BrO2S/c12-9-1-3-10(4-2-9)15(13,14)11-5-8(6-11)7-11/h1-4,8H,5-7H2. The van der Waals surface area contributed by atoms with Gasteiger partial charge in [0.15, 0.2) is 9.84 Å². The van der Waals surface area contributed by atoms with Crippen molar-refractivity contribution in [2.45, 2.75) is 28.9 Å². The third-order valence-electron chi connectivity index (χ3n) is 3.68. The van der Waals surface area contributed by atoms with E-state index in [1.165, 1.54) is 0 Å². The summed E-state index contributed by atoms with van der Waals surface area (Å²) in [5, 5.41) is 0. The summed E-state index contributed by atoms with van der Waals surface area (Å²) in [6.07, 6.45) is 2.64. The lowest BCUT2D eigenvalue weighted by Gasteiger charge is -2.60. The average Bonchev–Trinajstić information content (AvgIpc) is 1.97. The Morgan fingerprint density at radius 2 is 1.67 bits per heavy atom. The van der Waals surface area contributed by atoms with Crippen LogP contribution in [0.2, 0.25) is 0 Å². The maximum atomic E-state index is 12.3. The van der Waals surface area contributed by atoms with Crippen LogP contribution in [0.3, 0.4) is 0 Å². The van der Waals surface area contributed by atoms with Gasteiger partial charge in [0.2, 0.25) is 0 Å². The molecule has 0 aromatic heterocycles. The van der Waals surface area contributed by atoms with Crippen molar-refractivity contribution in [3.8, 4) is 0 Å². The number of hydrogen-bond donors (Lipinski definition) is 0. The number of sulfone groups is 1. The van der Waals surface area contributed by atoms with Crippen LogP contribution in [0.1, 0.15) is 19.3 Å². The highest BCUT2D eigenvalue weighted by atomic mass is 79.9. The minimum Gasteiger partial charge on any atom is -0.223 e. The first-order valence-electron chi connectivity index (χ1n) is 5.04. The Hall–Kier alpha value is -0.350. The maximum Gasteiger partial charge on any atom is 0.184 e. The molecule has 3 aliphatic rings. The Labute approximate surface area is 97.7 Å². The molecule has 0 heterocycles. The third kappa shape index (κ3) is 1.18. The third-order valence-corrected chi connectivity index (χ3v) is 6.74.